The van der Waals surface area contributed by atoms with E-state index in [1.165, 1.54) is 37.9 Å². The van der Waals surface area contributed by atoms with E-state index in [2.05, 4.69) is 32.2 Å². The molecule has 1 aromatic rings. The Bertz CT molecular complexity index is 336. The van der Waals surface area contributed by atoms with Gasteiger partial charge in [0.25, 0.3) is 0 Å². The maximum atomic E-state index is 5.66. The van der Waals surface area contributed by atoms with E-state index in [1.54, 1.807) is 0 Å². The van der Waals surface area contributed by atoms with Gasteiger partial charge >= 0.3 is 0 Å². The van der Waals surface area contributed by atoms with Crippen molar-refractivity contribution in [1.82, 2.24) is 5.32 Å². The summed E-state index contributed by atoms with van der Waals surface area (Å²) in [5, 5.41) is 3.67. The zero-order valence-electron chi connectivity index (χ0n) is 12.0. The summed E-state index contributed by atoms with van der Waals surface area (Å²) in [4.78, 5) is 0. The normalized spacial score (nSPS) is 25.9. The highest BCUT2D eigenvalue weighted by atomic mass is 16.3. The van der Waals surface area contributed by atoms with E-state index in [4.69, 9.17) is 4.42 Å². The third kappa shape index (κ3) is 3.88. The Balaban J connectivity index is 2.03. The van der Waals surface area contributed by atoms with Crippen LogP contribution in [0.15, 0.2) is 22.8 Å². The van der Waals surface area contributed by atoms with Gasteiger partial charge in [0.1, 0.15) is 5.76 Å². The quantitative estimate of drug-likeness (QED) is 0.806. The molecule has 1 N–H and O–H groups in total. The van der Waals surface area contributed by atoms with Gasteiger partial charge in [-0.25, -0.2) is 0 Å². The van der Waals surface area contributed by atoms with Crippen molar-refractivity contribution in [3.63, 3.8) is 0 Å². The van der Waals surface area contributed by atoms with Crippen LogP contribution in [0.4, 0.5) is 0 Å². The predicted molar refractivity (Wildman–Crippen MR) is 75.8 cm³/mol. The van der Waals surface area contributed by atoms with Crippen LogP contribution < -0.4 is 5.32 Å². The van der Waals surface area contributed by atoms with Gasteiger partial charge in [0.2, 0.25) is 0 Å². The molecule has 0 radical (unpaired) electrons. The molecule has 2 unspecified atom stereocenters. The molecule has 1 saturated carbocycles. The van der Waals surface area contributed by atoms with Crippen LogP contribution in [-0.4, -0.2) is 12.1 Å². The largest absolute Gasteiger partial charge is 0.469 e. The van der Waals surface area contributed by atoms with Crippen molar-refractivity contribution in [2.24, 2.45) is 5.92 Å². The van der Waals surface area contributed by atoms with Crippen LogP contribution >= 0.6 is 0 Å². The average Bonchev–Trinajstić information content (AvgIpc) is 2.71. The maximum absolute atomic E-state index is 5.66. The van der Waals surface area contributed by atoms with Crippen LogP contribution in [0.2, 0.25) is 0 Å². The van der Waals surface area contributed by atoms with E-state index in [1.807, 2.05) is 12.3 Å². The minimum absolute atomic E-state index is 0.208. The molecule has 0 spiro atoms. The minimum Gasteiger partial charge on any atom is -0.469 e. The molecule has 2 rings (SSSR count). The molecule has 2 atom stereocenters. The lowest BCUT2D eigenvalue weighted by atomic mass is 9.85. The van der Waals surface area contributed by atoms with Gasteiger partial charge in [-0.05, 0) is 58.2 Å². The van der Waals surface area contributed by atoms with Crippen molar-refractivity contribution < 1.29 is 4.42 Å². The second-order valence-corrected chi connectivity index (χ2v) is 6.65. The van der Waals surface area contributed by atoms with E-state index in [0.29, 0.717) is 5.92 Å². The van der Waals surface area contributed by atoms with E-state index >= 15 is 0 Å². The van der Waals surface area contributed by atoms with E-state index in [9.17, 15) is 0 Å². The summed E-state index contributed by atoms with van der Waals surface area (Å²) in [5.74, 6) is 2.52. The van der Waals surface area contributed by atoms with Gasteiger partial charge in [-0.3, -0.25) is 0 Å². The molecule has 102 valence electrons. The van der Waals surface area contributed by atoms with Gasteiger partial charge in [-0.2, -0.15) is 0 Å². The third-order valence-corrected chi connectivity index (χ3v) is 3.96. The molecule has 1 heterocycles. The summed E-state index contributed by atoms with van der Waals surface area (Å²) in [6.45, 7) is 7.83. The first-order valence-electron chi connectivity index (χ1n) is 7.35. The number of furan rings is 1. The SMILES string of the molecule is CC(C)(C)NCC1CCCCCC1c1ccco1. The van der Waals surface area contributed by atoms with E-state index in [-0.39, 0.29) is 5.54 Å². The average molecular weight is 249 g/mol. The molecule has 0 aliphatic heterocycles. The molecule has 0 saturated heterocycles. The van der Waals surface area contributed by atoms with Gasteiger partial charge in [0, 0.05) is 11.5 Å². The lowest BCUT2D eigenvalue weighted by Gasteiger charge is -2.28. The lowest BCUT2D eigenvalue weighted by molar-refractivity contribution is 0.296. The van der Waals surface area contributed by atoms with E-state index < -0.39 is 0 Å². The fourth-order valence-corrected chi connectivity index (χ4v) is 2.94. The standard InChI is InChI=1S/C16H27NO/c1-16(2,3)17-12-13-8-5-4-6-9-14(13)15-10-7-11-18-15/h7,10-11,13-14,17H,4-6,8-9,12H2,1-3H3. The van der Waals surface area contributed by atoms with Crippen molar-refractivity contribution >= 4 is 0 Å². The summed E-state index contributed by atoms with van der Waals surface area (Å²) in [6, 6.07) is 4.18. The minimum atomic E-state index is 0.208. The Labute approximate surface area is 111 Å². The molecule has 1 aliphatic rings. The second-order valence-electron chi connectivity index (χ2n) is 6.65. The van der Waals surface area contributed by atoms with Gasteiger partial charge in [0.15, 0.2) is 0 Å². The van der Waals surface area contributed by atoms with Gasteiger partial charge in [-0.1, -0.05) is 19.3 Å². The highest BCUT2D eigenvalue weighted by Crippen LogP contribution is 2.36. The highest BCUT2D eigenvalue weighted by Gasteiger charge is 2.27. The third-order valence-electron chi connectivity index (χ3n) is 3.96. The number of hydrogen-bond donors (Lipinski definition) is 1. The monoisotopic (exact) mass is 249 g/mol. The van der Waals surface area contributed by atoms with Crippen LogP contribution in [-0.2, 0) is 0 Å². The maximum Gasteiger partial charge on any atom is 0.107 e. The van der Waals surface area contributed by atoms with Crippen molar-refractivity contribution in [3.8, 4) is 0 Å². The van der Waals surface area contributed by atoms with Crippen LogP contribution in [0.25, 0.3) is 0 Å². The Hall–Kier alpha value is -0.760. The summed E-state index contributed by atoms with van der Waals surface area (Å²) in [6.07, 6.45) is 8.52. The topological polar surface area (TPSA) is 25.2 Å². The first-order chi connectivity index (χ1) is 8.56. The summed E-state index contributed by atoms with van der Waals surface area (Å²) in [5.41, 5.74) is 0.208. The Kier molecular flexibility index (Phi) is 4.50. The summed E-state index contributed by atoms with van der Waals surface area (Å²) in [7, 11) is 0. The van der Waals surface area contributed by atoms with Crippen molar-refractivity contribution in [2.45, 2.75) is 64.3 Å². The van der Waals surface area contributed by atoms with Gasteiger partial charge in [0.05, 0.1) is 6.26 Å². The van der Waals surface area contributed by atoms with Crippen molar-refractivity contribution in [1.29, 1.82) is 0 Å². The van der Waals surface area contributed by atoms with Gasteiger partial charge in [-0.15, -0.1) is 0 Å². The van der Waals surface area contributed by atoms with Crippen molar-refractivity contribution in [3.05, 3.63) is 24.2 Å². The zero-order valence-corrected chi connectivity index (χ0v) is 12.0. The van der Waals surface area contributed by atoms with E-state index in [0.717, 1.165) is 12.5 Å². The highest BCUT2D eigenvalue weighted by molar-refractivity contribution is 5.08. The smallest absolute Gasteiger partial charge is 0.107 e. The predicted octanol–water partition coefficient (Wildman–Crippen LogP) is 4.33. The fourth-order valence-electron chi connectivity index (χ4n) is 2.94. The molecule has 0 bridgehead atoms. The van der Waals surface area contributed by atoms with Crippen molar-refractivity contribution in [2.75, 3.05) is 6.54 Å². The van der Waals surface area contributed by atoms with Crippen LogP contribution in [0.1, 0.15) is 64.6 Å². The van der Waals surface area contributed by atoms with Gasteiger partial charge < -0.3 is 9.73 Å². The molecule has 18 heavy (non-hydrogen) atoms. The van der Waals surface area contributed by atoms with Crippen LogP contribution in [0.3, 0.4) is 0 Å². The molecular formula is C16H27NO. The summed E-state index contributed by atoms with van der Waals surface area (Å²) < 4.78 is 5.66. The number of nitrogens with one attached hydrogen (secondary N) is 1. The second kappa shape index (κ2) is 5.92. The number of hydrogen-bond acceptors (Lipinski definition) is 2. The molecule has 1 aliphatic carbocycles. The molecule has 1 aromatic heterocycles. The molecule has 2 heteroatoms. The molecule has 1 fully saturated rings. The fraction of sp³-hybridized carbons (Fsp3) is 0.750. The molecule has 0 aromatic carbocycles. The first kappa shape index (κ1) is 13.7. The lowest BCUT2D eigenvalue weighted by Crippen LogP contribution is -2.40. The van der Waals surface area contributed by atoms with Crippen LogP contribution in [0.5, 0.6) is 0 Å². The molecule has 0 amide bonds. The number of rotatable bonds is 3. The molecule has 2 nitrogen and oxygen atoms in total. The first-order valence-corrected chi connectivity index (χ1v) is 7.35. The summed E-state index contributed by atoms with van der Waals surface area (Å²) >= 11 is 0. The zero-order chi connectivity index (χ0) is 13.0. The Morgan fingerprint density at radius 3 is 2.67 bits per heavy atom. The van der Waals surface area contributed by atoms with Crippen LogP contribution in [0, 0.1) is 5.92 Å². The Morgan fingerprint density at radius 2 is 2.00 bits per heavy atom. The Morgan fingerprint density at radius 1 is 1.22 bits per heavy atom. The molecular weight excluding hydrogens is 222 g/mol.